The smallest absolute Gasteiger partial charge is 0.322 e. The van der Waals surface area contributed by atoms with E-state index in [1.54, 1.807) is 7.11 Å². The lowest BCUT2D eigenvalue weighted by Gasteiger charge is -2.25. The molecule has 0 aliphatic carbocycles. The Morgan fingerprint density at radius 1 is 1.22 bits per heavy atom. The van der Waals surface area contributed by atoms with Gasteiger partial charge >= 0.3 is 6.03 Å². The van der Waals surface area contributed by atoms with Crippen molar-refractivity contribution in [3.05, 3.63) is 59.7 Å². The number of nitrogens with zero attached hydrogens (tertiary/aromatic N) is 1. The number of carbonyl (C=O) groups excluding carboxylic acids is 1. The number of carbonyl (C=O) groups is 1. The summed E-state index contributed by atoms with van der Waals surface area (Å²) in [4.78, 5) is 14.6. The molecule has 4 nitrogen and oxygen atoms in total. The number of nitrogens with one attached hydrogen (secondary N) is 1. The molecule has 0 saturated carbocycles. The summed E-state index contributed by atoms with van der Waals surface area (Å²) in [5.74, 6) is 0.735. The van der Waals surface area contributed by atoms with Crippen LogP contribution in [0.3, 0.4) is 0 Å². The molecule has 1 N–H and O–H groups in total. The van der Waals surface area contributed by atoms with Gasteiger partial charge < -0.3 is 15.0 Å². The van der Waals surface area contributed by atoms with Crippen LogP contribution in [-0.2, 0) is 0 Å². The summed E-state index contributed by atoms with van der Waals surface area (Å²) in [6.07, 6.45) is 2.04. The number of ether oxygens (including phenoxy) is 1. The fraction of sp³-hybridized carbons (Fsp3) is 0.316. The Balaban J connectivity index is 1.74. The molecule has 2 aromatic carbocycles. The topological polar surface area (TPSA) is 41.6 Å². The van der Waals surface area contributed by atoms with Gasteiger partial charge in [-0.25, -0.2) is 4.79 Å². The maximum absolute atomic E-state index is 12.6. The zero-order valence-corrected chi connectivity index (χ0v) is 13.6. The molecule has 2 aromatic rings. The van der Waals surface area contributed by atoms with Crippen LogP contribution in [0.1, 0.15) is 30.0 Å². The zero-order chi connectivity index (χ0) is 16.2. The molecule has 1 unspecified atom stereocenters. The molecule has 1 saturated heterocycles. The van der Waals surface area contributed by atoms with Crippen LogP contribution >= 0.6 is 0 Å². The van der Waals surface area contributed by atoms with E-state index in [9.17, 15) is 4.79 Å². The van der Waals surface area contributed by atoms with Crippen molar-refractivity contribution in [3.8, 4) is 5.75 Å². The summed E-state index contributed by atoms with van der Waals surface area (Å²) in [5, 5.41) is 2.98. The maximum Gasteiger partial charge on any atom is 0.322 e. The predicted octanol–water partition coefficient (Wildman–Crippen LogP) is 4.37. The van der Waals surface area contributed by atoms with E-state index >= 15 is 0 Å². The first-order chi connectivity index (χ1) is 11.2. The van der Waals surface area contributed by atoms with Gasteiger partial charge in [-0.2, -0.15) is 0 Å². The number of amides is 2. The standard InChI is InChI=1S/C19H22N2O2/c1-14-8-10-15(11-9-14)18-7-4-12-21(18)19(22)20-16-5-3-6-17(13-16)23-2/h3,5-6,8-11,13,18H,4,7,12H2,1-2H3,(H,20,22). The van der Waals surface area contributed by atoms with E-state index in [2.05, 4.69) is 36.5 Å². The molecule has 1 heterocycles. The third kappa shape index (κ3) is 3.47. The summed E-state index contributed by atoms with van der Waals surface area (Å²) >= 11 is 0. The maximum atomic E-state index is 12.6. The van der Waals surface area contributed by atoms with Gasteiger partial charge in [0.15, 0.2) is 0 Å². The summed E-state index contributed by atoms with van der Waals surface area (Å²) in [7, 11) is 1.62. The molecular formula is C19H22N2O2. The van der Waals surface area contributed by atoms with Crippen molar-refractivity contribution >= 4 is 11.7 Å². The highest BCUT2D eigenvalue weighted by molar-refractivity contribution is 5.90. The molecular weight excluding hydrogens is 288 g/mol. The Morgan fingerprint density at radius 3 is 2.74 bits per heavy atom. The highest BCUT2D eigenvalue weighted by Gasteiger charge is 2.29. The number of hydrogen-bond donors (Lipinski definition) is 1. The average Bonchev–Trinajstić information content (AvgIpc) is 3.05. The molecule has 0 radical (unpaired) electrons. The second kappa shape index (κ2) is 6.73. The molecule has 1 aliphatic rings. The Kier molecular flexibility index (Phi) is 4.51. The first kappa shape index (κ1) is 15.4. The molecule has 0 spiro atoms. The highest BCUT2D eigenvalue weighted by atomic mass is 16.5. The number of anilines is 1. The molecule has 4 heteroatoms. The van der Waals surface area contributed by atoms with Crippen LogP contribution in [0.25, 0.3) is 0 Å². The molecule has 1 aliphatic heterocycles. The zero-order valence-electron chi connectivity index (χ0n) is 13.6. The summed E-state index contributed by atoms with van der Waals surface area (Å²) in [5.41, 5.74) is 3.19. The fourth-order valence-electron chi connectivity index (χ4n) is 3.04. The first-order valence-electron chi connectivity index (χ1n) is 7.95. The second-order valence-electron chi connectivity index (χ2n) is 5.92. The van der Waals surface area contributed by atoms with Crippen LogP contribution in [0.2, 0.25) is 0 Å². The molecule has 1 fully saturated rings. The molecule has 3 rings (SSSR count). The molecule has 1 atom stereocenters. The Morgan fingerprint density at radius 2 is 2.00 bits per heavy atom. The van der Waals surface area contributed by atoms with Crippen molar-refractivity contribution in [1.82, 2.24) is 4.90 Å². The van der Waals surface area contributed by atoms with E-state index in [0.29, 0.717) is 0 Å². The number of benzene rings is 2. The normalized spacial score (nSPS) is 17.1. The SMILES string of the molecule is COc1cccc(NC(=O)N2CCCC2c2ccc(C)cc2)c1. The van der Waals surface area contributed by atoms with Gasteiger partial charge in [0.1, 0.15) is 5.75 Å². The van der Waals surface area contributed by atoms with E-state index in [0.717, 1.165) is 30.8 Å². The van der Waals surface area contributed by atoms with Crippen molar-refractivity contribution in [2.24, 2.45) is 0 Å². The molecule has 2 amide bonds. The van der Waals surface area contributed by atoms with Crippen LogP contribution < -0.4 is 10.1 Å². The van der Waals surface area contributed by atoms with Crippen LogP contribution in [0, 0.1) is 6.92 Å². The van der Waals surface area contributed by atoms with Gasteiger partial charge in [0.25, 0.3) is 0 Å². The number of urea groups is 1. The first-order valence-corrected chi connectivity index (χ1v) is 7.95. The summed E-state index contributed by atoms with van der Waals surface area (Å²) in [6.45, 7) is 2.86. The van der Waals surface area contributed by atoms with Crippen molar-refractivity contribution < 1.29 is 9.53 Å². The van der Waals surface area contributed by atoms with Gasteiger partial charge in [-0.05, 0) is 37.5 Å². The van der Waals surface area contributed by atoms with Gasteiger partial charge in [0, 0.05) is 18.3 Å². The monoisotopic (exact) mass is 310 g/mol. The minimum absolute atomic E-state index is 0.0543. The van der Waals surface area contributed by atoms with Crippen molar-refractivity contribution in [2.75, 3.05) is 19.0 Å². The van der Waals surface area contributed by atoms with Gasteiger partial charge in [-0.3, -0.25) is 0 Å². The average molecular weight is 310 g/mol. The Bertz CT molecular complexity index is 682. The van der Waals surface area contributed by atoms with E-state index in [4.69, 9.17) is 4.74 Å². The summed E-state index contributed by atoms with van der Waals surface area (Å²) < 4.78 is 5.20. The third-order valence-electron chi connectivity index (χ3n) is 4.30. The number of rotatable bonds is 3. The number of hydrogen-bond acceptors (Lipinski definition) is 2. The van der Waals surface area contributed by atoms with E-state index in [-0.39, 0.29) is 12.1 Å². The lowest BCUT2D eigenvalue weighted by molar-refractivity contribution is 0.207. The van der Waals surface area contributed by atoms with Gasteiger partial charge in [-0.1, -0.05) is 35.9 Å². The quantitative estimate of drug-likeness (QED) is 0.914. The van der Waals surface area contributed by atoms with Crippen LogP contribution in [0.5, 0.6) is 5.75 Å². The van der Waals surface area contributed by atoms with Crippen molar-refractivity contribution in [3.63, 3.8) is 0 Å². The highest BCUT2D eigenvalue weighted by Crippen LogP contribution is 2.32. The molecule has 0 aromatic heterocycles. The third-order valence-corrected chi connectivity index (χ3v) is 4.30. The Labute approximate surface area is 137 Å². The minimum atomic E-state index is -0.0543. The Hall–Kier alpha value is -2.49. The van der Waals surface area contributed by atoms with Crippen LogP contribution in [-0.4, -0.2) is 24.6 Å². The lowest BCUT2D eigenvalue weighted by Crippen LogP contribution is -2.34. The number of aryl methyl sites for hydroxylation is 1. The van der Waals surface area contributed by atoms with Gasteiger partial charge in [0.05, 0.1) is 13.2 Å². The molecule has 0 bridgehead atoms. The van der Waals surface area contributed by atoms with E-state index in [1.165, 1.54) is 11.1 Å². The predicted molar refractivity (Wildman–Crippen MR) is 91.9 cm³/mol. The van der Waals surface area contributed by atoms with Gasteiger partial charge in [0.2, 0.25) is 0 Å². The number of likely N-dealkylation sites (tertiary alicyclic amines) is 1. The second-order valence-corrected chi connectivity index (χ2v) is 5.92. The molecule has 120 valence electrons. The minimum Gasteiger partial charge on any atom is -0.497 e. The van der Waals surface area contributed by atoms with E-state index < -0.39 is 0 Å². The van der Waals surface area contributed by atoms with Crippen LogP contribution in [0.4, 0.5) is 10.5 Å². The summed E-state index contributed by atoms with van der Waals surface area (Å²) in [6, 6.07) is 16.0. The lowest BCUT2D eigenvalue weighted by atomic mass is 10.0. The van der Waals surface area contributed by atoms with Gasteiger partial charge in [-0.15, -0.1) is 0 Å². The van der Waals surface area contributed by atoms with Crippen molar-refractivity contribution in [2.45, 2.75) is 25.8 Å². The van der Waals surface area contributed by atoms with E-state index in [1.807, 2.05) is 29.2 Å². The van der Waals surface area contributed by atoms with Crippen molar-refractivity contribution in [1.29, 1.82) is 0 Å². The van der Waals surface area contributed by atoms with Crippen LogP contribution in [0.15, 0.2) is 48.5 Å². The largest absolute Gasteiger partial charge is 0.497 e. The number of methoxy groups -OCH3 is 1. The molecule has 23 heavy (non-hydrogen) atoms. The fourth-order valence-corrected chi connectivity index (χ4v) is 3.04.